The fourth-order valence-electron chi connectivity index (χ4n) is 1.35. The van der Waals surface area contributed by atoms with Crippen LogP contribution >= 0.6 is 0 Å². The largest absolute Gasteiger partial charge is 0.378 e. The first-order chi connectivity index (χ1) is 7.20. The van der Waals surface area contributed by atoms with Crippen LogP contribution in [-0.2, 0) is 15.5 Å². The van der Waals surface area contributed by atoms with E-state index in [2.05, 4.69) is 5.32 Å². The van der Waals surface area contributed by atoms with Crippen LogP contribution in [0.1, 0.15) is 6.42 Å². The summed E-state index contributed by atoms with van der Waals surface area (Å²) >= 11 is 0. The zero-order valence-electron chi connectivity index (χ0n) is 9.03. The van der Waals surface area contributed by atoms with Gasteiger partial charge >= 0.3 is 6.03 Å². The van der Waals surface area contributed by atoms with Gasteiger partial charge in [-0.2, -0.15) is 0 Å². The van der Waals surface area contributed by atoms with Crippen LogP contribution in [0.5, 0.6) is 0 Å². The molecule has 1 atom stereocenters. The van der Waals surface area contributed by atoms with Gasteiger partial charge in [0.05, 0.1) is 13.2 Å². The van der Waals surface area contributed by atoms with Gasteiger partial charge in [-0.1, -0.05) is 0 Å². The lowest BCUT2D eigenvalue weighted by atomic mass is 10.4. The standard InChI is InChI=1S/C9H18N2O3S/c1-15(13)8-2-3-10-9(12)11-4-6-14-7-5-11/h2-8H2,1H3,(H,10,12). The minimum atomic E-state index is -0.770. The van der Waals surface area contributed by atoms with Gasteiger partial charge in [0.25, 0.3) is 0 Å². The second-order valence-corrected chi connectivity index (χ2v) is 5.02. The van der Waals surface area contributed by atoms with Crippen molar-refractivity contribution in [2.75, 3.05) is 44.9 Å². The van der Waals surface area contributed by atoms with Crippen molar-refractivity contribution in [1.82, 2.24) is 10.2 Å². The molecule has 0 radical (unpaired) electrons. The molecular weight excluding hydrogens is 216 g/mol. The maximum absolute atomic E-state index is 11.5. The fourth-order valence-corrected chi connectivity index (χ4v) is 1.90. The Balaban J connectivity index is 2.09. The number of amides is 2. The van der Waals surface area contributed by atoms with E-state index in [0.717, 1.165) is 6.42 Å². The first-order valence-corrected chi connectivity index (χ1v) is 6.83. The quantitative estimate of drug-likeness (QED) is 0.685. The number of nitrogens with zero attached hydrogens (tertiary/aromatic N) is 1. The highest BCUT2D eigenvalue weighted by Gasteiger charge is 2.15. The topological polar surface area (TPSA) is 58.6 Å². The molecule has 88 valence electrons. The number of urea groups is 1. The zero-order chi connectivity index (χ0) is 11.1. The summed E-state index contributed by atoms with van der Waals surface area (Å²) in [6, 6.07) is -0.0415. The molecule has 1 N–H and O–H groups in total. The number of carbonyl (C=O) groups excluding carboxylic acids is 1. The van der Waals surface area contributed by atoms with Gasteiger partial charge < -0.3 is 15.0 Å². The van der Waals surface area contributed by atoms with Crippen molar-refractivity contribution in [3.05, 3.63) is 0 Å². The maximum Gasteiger partial charge on any atom is 0.317 e. The lowest BCUT2D eigenvalue weighted by Crippen LogP contribution is -2.46. The normalized spacial score (nSPS) is 18.6. The van der Waals surface area contributed by atoms with Crippen LogP contribution in [0.3, 0.4) is 0 Å². The Morgan fingerprint density at radius 2 is 2.13 bits per heavy atom. The van der Waals surface area contributed by atoms with Crippen LogP contribution in [0.15, 0.2) is 0 Å². The molecule has 1 unspecified atom stereocenters. The summed E-state index contributed by atoms with van der Waals surface area (Å²) in [7, 11) is -0.770. The number of carbonyl (C=O) groups is 1. The molecule has 1 heterocycles. The SMILES string of the molecule is CS(=O)CCCNC(=O)N1CCOCC1. The van der Waals surface area contributed by atoms with E-state index in [-0.39, 0.29) is 6.03 Å². The van der Waals surface area contributed by atoms with Crippen molar-refractivity contribution in [1.29, 1.82) is 0 Å². The summed E-state index contributed by atoms with van der Waals surface area (Å²) in [5.74, 6) is 0.642. The Hall–Kier alpha value is -0.620. The average Bonchev–Trinajstić information content (AvgIpc) is 2.25. The molecule has 0 saturated carbocycles. The molecule has 1 aliphatic heterocycles. The second-order valence-electron chi connectivity index (χ2n) is 3.46. The Morgan fingerprint density at radius 3 is 2.73 bits per heavy atom. The highest BCUT2D eigenvalue weighted by atomic mass is 32.2. The van der Waals surface area contributed by atoms with Gasteiger partial charge in [0, 0.05) is 42.4 Å². The number of nitrogens with one attached hydrogen (secondary N) is 1. The molecule has 6 heteroatoms. The van der Waals surface area contributed by atoms with Gasteiger partial charge in [-0.15, -0.1) is 0 Å². The Bertz CT molecular complexity index is 229. The molecule has 1 rings (SSSR count). The highest BCUT2D eigenvalue weighted by Crippen LogP contribution is 1.96. The van der Waals surface area contributed by atoms with Crippen LogP contribution in [0.2, 0.25) is 0 Å². The maximum atomic E-state index is 11.5. The number of rotatable bonds is 4. The number of morpholine rings is 1. The van der Waals surface area contributed by atoms with Gasteiger partial charge in [0.15, 0.2) is 0 Å². The first-order valence-electron chi connectivity index (χ1n) is 5.10. The minimum absolute atomic E-state index is 0.0415. The van der Waals surface area contributed by atoms with Gasteiger partial charge in [0.2, 0.25) is 0 Å². The van der Waals surface area contributed by atoms with Crippen molar-refractivity contribution >= 4 is 16.8 Å². The molecule has 1 saturated heterocycles. The number of hydrogen-bond donors (Lipinski definition) is 1. The van der Waals surface area contributed by atoms with Crippen molar-refractivity contribution in [2.24, 2.45) is 0 Å². The van der Waals surface area contributed by atoms with Gasteiger partial charge in [-0.25, -0.2) is 4.79 Å². The summed E-state index contributed by atoms with van der Waals surface area (Å²) in [4.78, 5) is 13.3. The summed E-state index contributed by atoms with van der Waals surface area (Å²) in [6.45, 7) is 3.14. The summed E-state index contributed by atoms with van der Waals surface area (Å²) in [5.41, 5.74) is 0. The molecule has 0 bridgehead atoms. The number of hydrogen-bond acceptors (Lipinski definition) is 3. The Kier molecular flexibility index (Phi) is 5.63. The van der Waals surface area contributed by atoms with E-state index >= 15 is 0 Å². The lowest BCUT2D eigenvalue weighted by molar-refractivity contribution is 0.0532. The predicted octanol–water partition coefficient (Wildman–Crippen LogP) is -0.203. The smallest absolute Gasteiger partial charge is 0.317 e. The summed E-state index contributed by atoms with van der Waals surface area (Å²) in [6.07, 6.45) is 2.43. The average molecular weight is 234 g/mol. The van der Waals surface area contributed by atoms with Crippen molar-refractivity contribution in [3.63, 3.8) is 0 Å². The van der Waals surface area contributed by atoms with Crippen molar-refractivity contribution in [3.8, 4) is 0 Å². The molecule has 15 heavy (non-hydrogen) atoms. The van der Waals surface area contributed by atoms with E-state index in [1.165, 1.54) is 0 Å². The lowest BCUT2D eigenvalue weighted by Gasteiger charge is -2.26. The van der Waals surface area contributed by atoms with E-state index in [9.17, 15) is 9.00 Å². The molecule has 0 spiro atoms. The molecule has 5 nitrogen and oxygen atoms in total. The van der Waals surface area contributed by atoms with Crippen LogP contribution in [0, 0.1) is 0 Å². The first kappa shape index (κ1) is 12.4. The molecule has 0 aliphatic carbocycles. The van der Waals surface area contributed by atoms with Crippen molar-refractivity contribution < 1.29 is 13.7 Å². The van der Waals surface area contributed by atoms with E-state index < -0.39 is 10.8 Å². The Labute approximate surface area is 92.6 Å². The minimum Gasteiger partial charge on any atom is -0.378 e. The van der Waals surface area contributed by atoms with Gasteiger partial charge in [-0.05, 0) is 6.42 Å². The third-order valence-electron chi connectivity index (χ3n) is 2.18. The molecule has 1 fully saturated rings. The van der Waals surface area contributed by atoms with Crippen LogP contribution in [-0.4, -0.2) is 60.0 Å². The van der Waals surface area contributed by atoms with Crippen LogP contribution in [0.4, 0.5) is 4.79 Å². The van der Waals surface area contributed by atoms with E-state index in [1.54, 1.807) is 11.2 Å². The van der Waals surface area contributed by atoms with Gasteiger partial charge in [-0.3, -0.25) is 4.21 Å². The predicted molar refractivity (Wildman–Crippen MR) is 59.3 cm³/mol. The molecular formula is C9H18N2O3S. The van der Waals surface area contributed by atoms with E-state index in [0.29, 0.717) is 38.6 Å². The molecule has 2 amide bonds. The molecule has 1 aliphatic rings. The fraction of sp³-hybridized carbons (Fsp3) is 0.889. The third-order valence-corrected chi connectivity index (χ3v) is 3.05. The zero-order valence-corrected chi connectivity index (χ0v) is 9.85. The Morgan fingerprint density at radius 1 is 1.47 bits per heavy atom. The van der Waals surface area contributed by atoms with E-state index in [4.69, 9.17) is 4.74 Å². The molecule has 0 aromatic rings. The van der Waals surface area contributed by atoms with Crippen LogP contribution < -0.4 is 5.32 Å². The third kappa shape index (κ3) is 5.13. The number of ether oxygens (including phenoxy) is 1. The monoisotopic (exact) mass is 234 g/mol. The highest BCUT2D eigenvalue weighted by molar-refractivity contribution is 7.84. The summed E-state index contributed by atoms with van der Waals surface area (Å²) < 4.78 is 15.9. The van der Waals surface area contributed by atoms with E-state index in [1.807, 2.05) is 0 Å². The molecule has 0 aromatic carbocycles. The molecule has 0 aromatic heterocycles. The summed E-state index contributed by atoms with van der Waals surface area (Å²) in [5, 5.41) is 2.80. The second kappa shape index (κ2) is 6.79. The van der Waals surface area contributed by atoms with Crippen LogP contribution in [0.25, 0.3) is 0 Å². The van der Waals surface area contributed by atoms with Crippen molar-refractivity contribution in [2.45, 2.75) is 6.42 Å². The van der Waals surface area contributed by atoms with Gasteiger partial charge in [0.1, 0.15) is 0 Å².